The maximum Gasteiger partial charge on any atom is 0.305 e. The number of nitrogens with one attached hydrogen (secondary N) is 1. The number of carboxylic acids is 1. The van der Waals surface area contributed by atoms with Gasteiger partial charge in [-0.1, -0.05) is 57.7 Å². The van der Waals surface area contributed by atoms with Crippen molar-refractivity contribution in [2.75, 3.05) is 20.3 Å². The molecule has 0 aliphatic rings. The van der Waals surface area contributed by atoms with Crippen molar-refractivity contribution < 1.29 is 19.4 Å². The zero-order valence-electron chi connectivity index (χ0n) is 16.5. The van der Waals surface area contributed by atoms with E-state index in [1.165, 1.54) is 0 Å². The zero-order valence-corrected chi connectivity index (χ0v) is 16.5. The minimum Gasteiger partial charge on any atom is -0.499 e. The maximum atomic E-state index is 11.2. The van der Waals surface area contributed by atoms with Gasteiger partial charge in [-0.15, -0.1) is 0 Å². The smallest absolute Gasteiger partial charge is 0.305 e. The summed E-state index contributed by atoms with van der Waals surface area (Å²) in [6, 6.07) is 9.71. The quantitative estimate of drug-likeness (QED) is 0.555. The van der Waals surface area contributed by atoms with Crippen LogP contribution in [0.15, 0.2) is 42.7 Å². The average Bonchev–Trinajstić information content (AvgIpc) is 2.56. The summed E-state index contributed by atoms with van der Waals surface area (Å²) < 4.78 is 11.3. The molecule has 0 aliphatic carbocycles. The van der Waals surface area contributed by atoms with Crippen LogP contribution in [-0.4, -0.2) is 43.5 Å². The first-order valence-corrected chi connectivity index (χ1v) is 9.05. The van der Waals surface area contributed by atoms with Crippen LogP contribution in [0.5, 0.6) is 0 Å². The SMILES string of the molecule is C=C(OC)C(Cc1ccccc1)OCC(CC(=O)O)NCCC(C)(C)C. The van der Waals surface area contributed by atoms with Crippen molar-refractivity contribution >= 4 is 5.97 Å². The fraction of sp³-hybridized carbons (Fsp3) is 0.571. The Labute approximate surface area is 157 Å². The number of hydrogen-bond donors (Lipinski definition) is 2. The van der Waals surface area contributed by atoms with Gasteiger partial charge in [0.25, 0.3) is 0 Å². The molecule has 5 nitrogen and oxygen atoms in total. The molecular formula is C21H33NO4. The van der Waals surface area contributed by atoms with Gasteiger partial charge < -0.3 is 19.9 Å². The lowest BCUT2D eigenvalue weighted by Crippen LogP contribution is -2.39. The summed E-state index contributed by atoms with van der Waals surface area (Å²) in [6.07, 6.45) is 1.29. The summed E-state index contributed by atoms with van der Waals surface area (Å²) in [4.78, 5) is 11.2. The molecule has 0 aromatic heterocycles. The molecular weight excluding hydrogens is 330 g/mol. The molecule has 0 saturated carbocycles. The molecule has 1 aromatic rings. The van der Waals surface area contributed by atoms with E-state index in [1.54, 1.807) is 7.11 Å². The molecule has 5 heteroatoms. The molecule has 146 valence electrons. The Morgan fingerprint density at radius 1 is 1.27 bits per heavy atom. The molecule has 2 N–H and O–H groups in total. The van der Waals surface area contributed by atoms with Gasteiger partial charge in [0.1, 0.15) is 11.9 Å². The molecule has 2 atom stereocenters. The van der Waals surface area contributed by atoms with Crippen molar-refractivity contribution in [2.24, 2.45) is 5.41 Å². The molecule has 0 radical (unpaired) electrons. The van der Waals surface area contributed by atoms with Crippen molar-refractivity contribution in [3.05, 3.63) is 48.2 Å². The Balaban J connectivity index is 2.64. The Hall–Kier alpha value is -1.85. The Kier molecular flexibility index (Phi) is 9.38. The average molecular weight is 363 g/mol. The number of rotatable bonds is 12. The molecule has 1 rings (SSSR count). The lowest BCUT2D eigenvalue weighted by Gasteiger charge is -2.25. The number of hydrogen-bond acceptors (Lipinski definition) is 4. The van der Waals surface area contributed by atoms with E-state index in [4.69, 9.17) is 14.6 Å². The van der Waals surface area contributed by atoms with Crippen LogP contribution in [0.2, 0.25) is 0 Å². The third kappa shape index (κ3) is 9.59. The molecule has 0 fully saturated rings. The molecule has 26 heavy (non-hydrogen) atoms. The second-order valence-corrected chi connectivity index (χ2v) is 7.74. The normalized spacial score (nSPS) is 13.8. The molecule has 0 amide bonds. The third-order valence-electron chi connectivity index (χ3n) is 4.11. The van der Waals surface area contributed by atoms with Gasteiger partial charge in [0.15, 0.2) is 0 Å². The minimum absolute atomic E-state index is 0.0155. The van der Waals surface area contributed by atoms with Crippen LogP contribution in [0.1, 0.15) is 39.2 Å². The number of benzene rings is 1. The van der Waals surface area contributed by atoms with Crippen molar-refractivity contribution in [2.45, 2.75) is 52.2 Å². The Morgan fingerprint density at radius 3 is 2.46 bits per heavy atom. The zero-order chi connectivity index (χ0) is 19.6. The lowest BCUT2D eigenvalue weighted by molar-refractivity contribution is -0.138. The first-order valence-electron chi connectivity index (χ1n) is 9.05. The van der Waals surface area contributed by atoms with Crippen LogP contribution in [0.4, 0.5) is 0 Å². The van der Waals surface area contributed by atoms with E-state index >= 15 is 0 Å². The molecule has 0 spiro atoms. The predicted octanol–water partition coefficient (Wildman–Crippen LogP) is 3.64. The summed E-state index contributed by atoms with van der Waals surface area (Å²) in [5, 5.41) is 12.5. The van der Waals surface area contributed by atoms with Crippen molar-refractivity contribution in [3.63, 3.8) is 0 Å². The largest absolute Gasteiger partial charge is 0.499 e. The highest BCUT2D eigenvalue weighted by atomic mass is 16.5. The van der Waals surface area contributed by atoms with E-state index in [0.717, 1.165) is 18.5 Å². The first-order chi connectivity index (χ1) is 12.2. The van der Waals surface area contributed by atoms with E-state index in [2.05, 4.69) is 32.7 Å². The van der Waals surface area contributed by atoms with Gasteiger partial charge in [-0.3, -0.25) is 4.79 Å². The van der Waals surface area contributed by atoms with Crippen molar-refractivity contribution in [1.82, 2.24) is 5.32 Å². The van der Waals surface area contributed by atoms with Crippen LogP contribution in [0.3, 0.4) is 0 Å². The number of methoxy groups -OCH3 is 1. The number of carboxylic acid groups (broad SMARTS) is 1. The standard InChI is InChI=1S/C21H33NO4/c1-16(25-5)19(13-17-9-7-6-8-10-17)26-15-18(14-20(23)24)22-12-11-21(2,3)4/h6-10,18-19,22H,1,11-15H2,2-5H3,(H,23,24). The van der Waals surface area contributed by atoms with E-state index in [9.17, 15) is 4.79 Å². The predicted molar refractivity (Wildman–Crippen MR) is 104 cm³/mol. The Morgan fingerprint density at radius 2 is 1.92 bits per heavy atom. The van der Waals surface area contributed by atoms with Gasteiger partial charge >= 0.3 is 5.97 Å². The highest BCUT2D eigenvalue weighted by Gasteiger charge is 2.20. The molecule has 0 saturated heterocycles. The molecule has 1 aromatic carbocycles. The van der Waals surface area contributed by atoms with Crippen LogP contribution in [-0.2, 0) is 20.7 Å². The third-order valence-corrected chi connectivity index (χ3v) is 4.11. The van der Waals surface area contributed by atoms with Gasteiger partial charge in [-0.25, -0.2) is 0 Å². The second kappa shape index (κ2) is 11.0. The van der Waals surface area contributed by atoms with Crippen molar-refractivity contribution in [1.29, 1.82) is 0 Å². The second-order valence-electron chi connectivity index (χ2n) is 7.74. The summed E-state index contributed by atoms with van der Waals surface area (Å²) in [6.45, 7) is 11.4. The van der Waals surface area contributed by atoms with Crippen LogP contribution in [0.25, 0.3) is 0 Å². The molecule has 0 heterocycles. The number of aliphatic carboxylic acids is 1. The first kappa shape index (κ1) is 22.2. The van der Waals surface area contributed by atoms with Gasteiger partial charge in [-0.05, 0) is 23.9 Å². The monoisotopic (exact) mass is 363 g/mol. The molecule has 0 bridgehead atoms. The number of carbonyl (C=O) groups is 1. The van der Waals surface area contributed by atoms with Gasteiger partial charge in [0.05, 0.1) is 20.1 Å². The molecule has 0 aliphatic heterocycles. The fourth-order valence-corrected chi connectivity index (χ4v) is 2.51. The van der Waals surface area contributed by atoms with Gasteiger partial charge in [0.2, 0.25) is 0 Å². The van der Waals surface area contributed by atoms with Crippen LogP contribution < -0.4 is 5.32 Å². The summed E-state index contributed by atoms with van der Waals surface area (Å²) >= 11 is 0. The topological polar surface area (TPSA) is 67.8 Å². The minimum atomic E-state index is -0.841. The van der Waals surface area contributed by atoms with Crippen LogP contribution in [0, 0.1) is 5.41 Å². The summed E-state index contributed by atoms with van der Waals surface area (Å²) in [5.74, 6) is -0.301. The summed E-state index contributed by atoms with van der Waals surface area (Å²) in [7, 11) is 1.57. The van der Waals surface area contributed by atoms with Gasteiger partial charge in [0, 0.05) is 12.5 Å². The maximum absolute atomic E-state index is 11.2. The summed E-state index contributed by atoms with van der Waals surface area (Å²) in [5.41, 5.74) is 1.31. The Bertz CT molecular complexity index is 551. The van der Waals surface area contributed by atoms with Gasteiger partial charge in [-0.2, -0.15) is 0 Å². The van der Waals surface area contributed by atoms with E-state index in [-0.39, 0.29) is 30.6 Å². The van der Waals surface area contributed by atoms with Crippen molar-refractivity contribution in [3.8, 4) is 0 Å². The lowest BCUT2D eigenvalue weighted by atomic mass is 9.92. The number of ether oxygens (including phenoxy) is 2. The highest BCUT2D eigenvalue weighted by molar-refractivity contribution is 5.67. The van der Waals surface area contributed by atoms with Crippen LogP contribution >= 0.6 is 0 Å². The fourth-order valence-electron chi connectivity index (χ4n) is 2.51. The molecule has 2 unspecified atom stereocenters. The highest BCUT2D eigenvalue weighted by Crippen LogP contribution is 2.18. The van der Waals surface area contributed by atoms with E-state index in [0.29, 0.717) is 12.2 Å². The van der Waals surface area contributed by atoms with E-state index < -0.39 is 5.97 Å². The van der Waals surface area contributed by atoms with E-state index in [1.807, 2.05) is 30.3 Å².